The Morgan fingerprint density at radius 1 is 1.00 bits per heavy atom. The molecule has 2 fully saturated rings. The van der Waals surface area contributed by atoms with E-state index in [1.54, 1.807) is 0 Å². The molecule has 4 nitrogen and oxygen atoms in total. The van der Waals surface area contributed by atoms with E-state index in [1.165, 1.54) is 38.3 Å². The van der Waals surface area contributed by atoms with Gasteiger partial charge >= 0.3 is 6.18 Å². The largest absolute Gasteiger partial charge is 0.435 e. The second kappa shape index (κ2) is 7.68. The fourth-order valence-corrected chi connectivity index (χ4v) is 3.76. The van der Waals surface area contributed by atoms with Crippen LogP contribution in [0.1, 0.15) is 44.2 Å². The summed E-state index contributed by atoms with van der Waals surface area (Å²) in [6.45, 7) is 4.24. The lowest BCUT2D eigenvalue weighted by Crippen LogP contribution is -2.38. The number of hydrogen-bond donors (Lipinski definition) is 1. The van der Waals surface area contributed by atoms with E-state index in [0.29, 0.717) is 11.7 Å². The van der Waals surface area contributed by atoms with E-state index >= 15 is 0 Å². The highest BCUT2D eigenvalue weighted by Crippen LogP contribution is 2.28. The van der Waals surface area contributed by atoms with Gasteiger partial charge in [-0.1, -0.05) is 12.8 Å². The van der Waals surface area contributed by atoms with Crippen molar-refractivity contribution in [2.45, 2.75) is 44.7 Å². The maximum atomic E-state index is 12.5. The zero-order chi connectivity index (χ0) is 17.0. The molecule has 24 heavy (non-hydrogen) atoms. The van der Waals surface area contributed by atoms with Crippen LogP contribution in [0.5, 0.6) is 0 Å². The molecular formula is C17H25F3N4. The number of rotatable bonds is 5. The van der Waals surface area contributed by atoms with Crippen molar-refractivity contribution in [2.24, 2.45) is 11.8 Å². The summed E-state index contributed by atoms with van der Waals surface area (Å²) in [6.07, 6.45) is 3.37. The minimum Gasteiger partial charge on any atom is -0.368 e. The normalized spacial score (nSPS) is 21.3. The molecule has 0 atom stereocenters. The highest BCUT2D eigenvalue weighted by molar-refractivity contribution is 5.33. The van der Waals surface area contributed by atoms with E-state index in [9.17, 15) is 13.2 Å². The molecule has 0 amide bonds. The Morgan fingerprint density at radius 3 is 2.29 bits per heavy atom. The van der Waals surface area contributed by atoms with Gasteiger partial charge in [0.2, 0.25) is 0 Å². The third-order valence-corrected chi connectivity index (χ3v) is 5.23. The Hall–Kier alpha value is -1.37. The fraction of sp³-hybridized carbons (Fsp3) is 0.765. The van der Waals surface area contributed by atoms with E-state index in [1.807, 2.05) is 0 Å². The molecule has 2 aliphatic rings. The summed E-state index contributed by atoms with van der Waals surface area (Å²) in [5.74, 6) is 1.85. The maximum Gasteiger partial charge on any atom is 0.435 e. The van der Waals surface area contributed by atoms with Gasteiger partial charge in [-0.2, -0.15) is 13.2 Å². The molecule has 0 spiro atoms. The quantitative estimate of drug-likeness (QED) is 0.883. The third kappa shape index (κ3) is 4.82. The molecule has 1 aliphatic heterocycles. The minimum atomic E-state index is -4.43. The second-order valence-corrected chi connectivity index (χ2v) is 7.08. The molecule has 134 valence electrons. The molecule has 1 saturated carbocycles. The summed E-state index contributed by atoms with van der Waals surface area (Å²) in [4.78, 5) is 2.57. The van der Waals surface area contributed by atoms with E-state index in [0.717, 1.165) is 44.5 Å². The minimum absolute atomic E-state index is 0.413. The van der Waals surface area contributed by atoms with Crippen LogP contribution in [0.15, 0.2) is 12.1 Å². The van der Waals surface area contributed by atoms with E-state index in [4.69, 9.17) is 0 Å². The predicted molar refractivity (Wildman–Crippen MR) is 86.6 cm³/mol. The average molecular weight is 342 g/mol. The number of halogens is 3. The first-order valence-electron chi connectivity index (χ1n) is 8.88. The van der Waals surface area contributed by atoms with Gasteiger partial charge in [0, 0.05) is 13.1 Å². The summed E-state index contributed by atoms with van der Waals surface area (Å²) in [5.41, 5.74) is -0.951. The van der Waals surface area contributed by atoms with Crippen LogP contribution in [-0.4, -0.2) is 41.3 Å². The van der Waals surface area contributed by atoms with Crippen molar-refractivity contribution in [1.29, 1.82) is 0 Å². The van der Waals surface area contributed by atoms with Crippen LogP contribution in [-0.2, 0) is 6.18 Å². The number of alkyl halides is 3. The highest BCUT2D eigenvalue weighted by Gasteiger charge is 2.32. The standard InChI is InChI=1S/C17H25F3N4/c18-17(19,20)15-5-6-16(23-22-15)21-11-13-7-9-24(10-8-13)12-14-3-1-2-4-14/h5-6,13-14H,1-4,7-12H2,(H,21,23). The van der Waals surface area contributed by atoms with Gasteiger partial charge in [-0.15, -0.1) is 10.2 Å². The summed E-state index contributed by atoms with van der Waals surface area (Å²) in [6, 6.07) is 2.32. The number of piperidine rings is 1. The zero-order valence-corrected chi connectivity index (χ0v) is 13.9. The van der Waals surface area contributed by atoms with Crippen molar-refractivity contribution < 1.29 is 13.2 Å². The molecule has 3 rings (SSSR count). The first-order chi connectivity index (χ1) is 11.5. The van der Waals surface area contributed by atoms with Crippen molar-refractivity contribution in [2.75, 3.05) is 31.5 Å². The molecule has 2 heterocycles. The molecule has 7 heteroatoms. The first kappa shape index (κ1) is 17.5. The fourth-order valence-electron chi connectivity index (χ4n) is 3.76. The van der Waals surface area contributed by atoms with Crippen LogP contribution < -0.4 is 5.32 Å². The van der Waals surface area contributed by atoms with Gasteiger partial charge in [0.15, 0.2) is 5.69 Å². The molecule has 1 saturated heterocycles. The lowest BCUT2D eigenvalue weighted by molar-refractivity contribution is -0.141. The number of anilines is 1. The smallest absolute Gasteiger partial charge is 0.368 e. The molecule has 1 aromatic heterocycles. The first-order valence-corrected chi connectivity index (χ1v) is 8.88. The predicted octanol–water partition coefficient (Wildman–Crippen LogP) is 3.81. The lowest BCUT2D eigenvalue weighted by atomic mass is 9.95. The molecule has 1 aromatic rings. The summed E-state index contributed by atoms with van der Waals surface area (Å²) >= 11 is 0. The van der Waals surface area contributed by atoms with Gasteiger partial charge in [0.25, 0.3) is 0 Å². The van der Waals surface area contributed by atoms with Crippen molar-refractivity contribution in [3.8, 4) is 0 Å². The Kier molecular flexibility index (Phi) is 5.58. The third-order valence-electron chi connectivity index (χ3n) is 5.23. The van der Waals surface area contributed by atoms with Crippen LogP contribution in [0.25, 0.3) is 0 Å². The SMILES string of the molecule is FC(F)(F)c1ccc(NCC2CCN(CC3CCCC3)CC2)nn1. The summed E-state index contributed by atoms with van der Waals surface area (Å²) < 4.78 is 37.4. The molecule has 0 bridgehead atoms. The Bertz CT molecular complexity index is 504. The number of nitrogens with zero attached hydrogens (tertiary/aromatic N) is 3. The van der Waals surface area contributed by atoms with Crippen molar-refractivity contribution in [1.82, 2.24) is 15.1 Å². The van der Waals surface area contributed by atoms with Gasteiger partial charge in [0.05, 0.1) is 0 Å². The number of hydrogen-bond acceptors (Lipinski definition) is 4. The van der Waals surface area contributed by atoms with Gasteiger partial charge in [-0.05, 0) is 62.7 Å². The molecule has 0 aromatic carbocycles. The number of likely N-dealkylation sites (tertiary alicyclic amines) is 1. The van der Waals surface area contributed by atoms with Crippen LogP contribution in [0.3, 0.4) is 0 Å². The monoisotopic (exact) mass is 342 g/mol. The zero-order valence-electron chi connectivity index (χ0n) is 13.9. The van der Waals surface area contributed by atoms with E-state index < -0.39 is 11.9 Å². The van der Waals surface area contributed by atoms with Gasteiger partial charge < -0.3 is 10.2 Å². The molecular weight excluding hydrogens is 317 g/mol. The van der Waals surface area contributed by atoms with Crippen molar-refractivity contribution in [3.63, 3.8) is 0 Å². The molecule has 0 radical (unpaired) electrons. The molecule has 0 unspecified atom stereocenters. The van der Waals surface area contributed by atoms with Gasteiger partial charge in [0.1, 0.15) is 5.82 Å². The van der Waals surface area contributed by atoms with Crippen LogP contribution in [0.4, 0.5) is 19.0 Å². The summed E-state index contributed by atoms with van der Waals surface area (Å²) in [7, 11) is 0. The Balaban J connectivity index is 1.38. The Morgan fingerprint density at radius 2 is 1.71 bits per heavy atom. The highest BCUT2D eigenvalue weighted by atomic mass is 19.4. The van der Waals surface area contributed by atoms with E-state index in [2.05, 4.69) is 20.4 Å². The van der Waals surface area contributed by atoms with Crippen LogP contribution >= 0.6 is 0 Å². The van der Waals surface area contributed by atoms with Crippen LogP contribution in [0, 0.1) is 11.8 Å². The van der Waals surface area contributed by atoms with Crippen molar-refractivity contribution >= 4 is 5.82 Å². The maximum absolute atomic E-state index is 12.5. The Labute approximate surface area is 140 Å². The number of nitrogens with one attached hydrogen (secondary N) is 1. The molecule has 1 N–H and O–H groups in total. The average Bonchev–Trinajstić information content (AvgIpc) is 3.07. The van der Waals surface area contributed by atoms with E-state index in [-0.39, 0.29) is 0 Å². The van der Waals surface area contributed by atoms with Crippen LogP contribution in [0.2, 0.25) is 0 Å². The summed E-state index contributed by atoms with van der Waals surface area (Å²) in [5, 5.41) is 9.98. The topological polar surface area (TPSA) is 41.0 Å². The van der Waals surface area contributed by atoms with Crippen molar-refractivity contribution in [3.05, 3.63) is 17.8 Å². The second-order valence-electron chi connectivity index (χ2n) is 7.08. The number of aromatic nitrogens is 2. The molecule has 1 aliphatic carbocycles. The van der Waals surface area contributed by atoms with Gasteiger partial charge in [-0.25, -0.2) is 0 Å². The van der Waals surface area contributed by atoms with Gasteiger partial charge in [-0.3, -0.25) is 0 Å². The lowest BCUT2D eigenvalue weighted by Gasteiger charge is -2.33.